The number of rotatable bonds is 6. The largest absolute Gasteiger partial charge is 0.454 e. The number of fused-ring (bicyclic) bond motifs is 1. The van der Waals surface area contributed by atoms with E-state index in [4.69, 9.17) is 9.47 Å². The molecule has 0 radical (unpaired) electrons. The predicted octanol–water partition coefficient (Wildman–Crippen LogP) is 2.89. The molecule has 1 fully saturated rings. The van der Waals surface area contributed by atoms with Crippen molar-refractivity contribution in [3.63, 3.8) is 0 Å². The van der Waals surface area contributed by atoms with Crippen LogP contribution in [0.15, 0.2) is 18.2 Å². The van der Waals surface area contributed by atoms with Gasteiger partial charge in [-0.1, -0.05) is 19.4 Å². The van der Waals surface area contributed by atoms with E-state index in [9.17, 15) is 4.79 Å². The molecule has 1 amide bonds. The standard InChI is InChI=1S/C19H28N2O3/c1-3-4-9-20(2)19(22)16-7-10-21(11-8-16)13-15-5-6-17-18(12-15)24-14-23-17/h5-6,12,16H,3-4,7-11,13-14H2,1-2H3. The van der Waals surface area contributed by atoms with Gasteiger partial charge in [0, 0.05) is 26.1 Å². The van der Waals surface area contributed by atoms with Crippen molar-refractivity contribution in [2.45, 2.75) is 39.2 Å². The highest BCUT2D eigenvalue weighted by Gasteiger charge is 2.27. The van der Waals surface area contributed by atoms with Gasteiger partial charge in [-0.25, -0.2) is 0 Å². The first kappa shape index (κ1) is 17.1. The minimum Gasteiger partial charge on any atom is -0.454 e. The maximum absolute atomic E-state index is 12.5. The molecule has 0 bridgehead atoms. The van der Waals surface area contributed by atoms with Gasteiger partial charge in [0.1, 0.15) is 0 Å². The molecule has 3 rings (SSSR count). The van der Waals surface area contributed by atoms with Gasteiger partial charge in [0.25, 0.3) is 0 Å². The van der Waals surface area contributed by atoms with Gasteiger partial charge in [0.05, 0.1) is 0 Å². The van der Waals surface area contributed by atoms with Gasteiger partial charge in [-0.15, -0.1) is 0 Å². The fourth-order valence-electron chi connectivity index (χ4n) is 3.45. The summed E-state index contributed by atoms with van der Waals surface area (Å²) in [5.74, 6) is 2.19. The Morgan fingerprint density at radius 3 is 2.75 bits per heavy atom. The van der Waals surface area contributed by atoms with Crippen molar-refractivity contribution in [2.75, 3.05) is 33.5 Å². The number of piperidine rings is 1. The second-order valence-corrected chi connectivity index (χ2v) is 6.85. The number of likely N-dealkylation sites (tertiary alicyclic amines) is 1. The lowest BCUT2D eigenvalue weighted by Gasteiger charge is -2.33. The third-order valence-electron chi connectivity index (χ3n) is 5.00. The van der Waals surface area contributed by atoms with Crippen molar-refractivity contribution >= 4 is 5.91 Å². The molecule has 0 N–H and O–H groups in total. The van der Waals surface area contributed by atoms with Crippen LogP contribution >= 0.6 is 0 Å². The van der Waals surface area contributed by atoms with Crippen molar-refractivity contribution in [3.05, 3.63) is 23.8 Å². The molecule has 132 valence electrons. The van der Waals surface area contributed by atoms with E-state index in [1.54, 1.807) is 0 Å². The SMILES string of the molecule is CCCCN(C)C(=O)C1CCN(Cc2ccc3c(c2)OCO3)CC1. The van der Waals surface area contributed by atoms with E-state index in [-0.39, 0.29) is 5.92 Å². The average molecular weight is 332 g/mol. The first-order valence-electron chi connectivity index (χ1n) is 9.03. The van der Waals surface area contributed by atoms with Gasteiger partial charge in [-0.3, -0.25) is 9.69 Å². The van der Waals surface area contributed by atoms with E-state index in [0.29, 0.717) is 12.7 Å². The Labute approximate surface area is 144 Å². The monoisotopic (exact) mass is 332 g/mol. The number of carbonyl (C=O) groups is 1. The minimum atomic E-state index is 0.194. The molecule has 0 aliphatic carbocycles. The summed E-state index contributed by atoms with van der Waals surface area (Å²) in [7, 11) is 1.94. The van der Waals surface area contributed by atoms with E-state index in [1.165, 1.54) is 5.56 Å². The summed E-state index contributed by atoms with van der Waals surface area (Å²) in [6.45, 7) is 6.22. The molecule has 0 spiro atoms. The summed E-state index contributed by atoms with van der Waals surface area (Å²) in [5.41, 5.74) is 1.24. The zero-order valence-corrected chi connectivity index (χ0v) is 14.8. The van der Waals surface area contributed by atoms with Crippen molar-refractivity contribution in [2.24, 2.45) is 5.92 Å². The minimum absolute atomic E-state index is 0.194. The van der Waals surface area contributed by atoms with E-state index in [0.717, 1.165) is 63.4 Å². The van der Waals surface area contributed by atoms with Crippen molar-refractivity contribution in [1.29, 1.82) is 0 Å². The Morgan fingerprint density at radius 2 is 2.00 bits per heavy atom. The predicted molar refractivity (Wildman–Crippen MR) is 93.1 cm³/mol. The molecule has 0 atom stereocenters. The van der Waals surface area contributed by atoms with Crippen LogP contribution in [0.2, 0.25) is 0 Å². The Balaban J connectivity index is 1.47. The van der Waals surface area contributed by atoms with E-state index >= 15 is 0 Å². The quantitative estimate of drug-likeness (QED) is 0.803. The average Bonchev–Trinajstić information content (AvgIpc) is 3.07. The van der Waals surface area contributed by atoms with Crippen LogP contribution in [0.1, 0.15) is 38.2 Å². The molecular formula is C19H28N2O3. The molecule has 1 aromatic carbocycles. The van der Waals surface area contributed by atoms with E-state index in [2.05, 4.69) is 24.0 Å². The van der Waals surface area contributed by atoms with Crippen molar-refractivity contribution in [3.8, 4) is 11.5 Å². The second-order valence-electron chi connectivity index (χ2n) is 6.85. The number of hydrogen-bond donors (Lipinski definition) is 0. The third kappa shape index (κ3) is 4.01. The summed E-state index contributed by atoms with van der Waals surface area (Å²) >= 11 is 0. The van der Waals surface area contributed by atoms with Crippen molar-refractivity contribution in [1.82, 2.24) is 9.80 Å². The van der Waals surface area contributed by atoms with E-state index < -0.39 is 0 Å². The molecule has 2 aliphatic heterocycles. The number of nitrogens with zero attached hydrogens (tertiary/aromatic N) is 2. The summed E-state index contributed by atoms with van der Waals surface area (Å²) in [6.07, 6.45) is 4.14. The Hall–Kier alpha value is -1.75. The third-order valence-corrected chi connectivity index (χ3v) is 5.00. The summed E-state index contributed by atoms with van der Waals surface area (Å²) in [4.78, 5) is 16.8. The van der Waals surface area contributed by atoms with Gasteiger partial charge in [0.15, 0.2) is 11.5 Å². The Bertz CT molecular complexity index is 568. The molecule has 24 heavy (non-hydrogen) atoms. The lowest BCUT2D eigenvalue weighted by Crippen LogP contribution is -2.41. The topological polar surface area (TPSA) is 42.0 Å². The van der Waals surface area contributed by atoms with Crippen LogP contribution < -0.4 is 9.47 Å². The fraction of sp³-hybridized carbons (Fsp3) is 0.632. The number of unbranched alkanes of at least 4 members (excludes halogenated alkanes) is 1. The molecule has 0 aromatic heterocycles. The van der Waals surface area contributed by atoms with Crippen LogP contribution in [0.3, 0.4) is 0 Å². The lowest BCUT2D eigenvalue weighted by molar-refractivity contribution is -0.135. The smallest absolute Gasteiger partial charge is 0.231 e. The second kappa shape index (κ2) is 7.88. The van der Waals surface area contributed by atoms with Gasteiger partial charge in [-0.2, -0.15) is 0 Å². The molecule has 2 aliphatic rings. The molecule has 0 saturated carbocycles. The summed E-state index contributed by atoms with van der Waals surface area (Å²) in [6, 6.07) is 6.15. The number of ether oxygens (including phenoxy) is 2. The summed E-state index contributed by atoms with van der Waals surface area (Å²) in [5, 5.41) is 0. The van der Waals surface area contributed by atoms with Crippen LogP contribution in [-0.4, -0.2) is 49.2 Å². The first-order chi connectivity index (χ1) is 11.7. The van der Waals surface area contributed by atoms with Crippen LogP contribution in [0.25, 0.3) is 0 Å². The van der Waals surface area contributed by atoms with Gasteiger partial charge in [-0.05, 0) is 50.0 Å². The van der Waals surface area contributed by atoms with Crippen LogP contribution in [0.5, 0.6) is 11.5 Å². The Morgan fingerprint density at radius 1 is 1.25 bits per heavy atom. The number of hydrogen-bond acceptors (Lipinski definition) is 4. The molecule has 2 heterocycles. The highest BCUT2D eigenvalue weighted by molar-refractivity contribution is 5.78. The molecule has 1 saturated heterocycles. The zero-order valence-electron chi connectivity index (χ0n) is 14.8. The highest BCUT2D eigenvalue weighted by atomic mass is 16.7. The van der Waals surface area contributed by atoms with Crippen LogP contribution in [0, 0.1) is 5.92 Å². The number of benzene rings is 1. The highest BCUT2D eigenvalue weighted by Crippen LogP contribution is 2.33. The van der Waals surface area contributed by atoms with Crippen LogP contribution in [0.4, 0.5) is 0 Å². The summed E-state index contributed by atoms with van der Waals surface area (Å²) < 4.78 is 10.8. The normalized spacial score (nSPS) is 17.9. The lowest BCUT2D eigenvalue weighted by atomic mass is 9.95. The number of carbonyl (C=O) groups excluding carboxylic acids is 1. The maximum Gasteiger partial charge on any atom is 0.231 e. The molecule has 1 aromatic rings. The van der Waals surface area contributed by atoms with E-state index in [1.807, 2.05) is 18.0 Å². The first-order valence-corrected chi connectivity index (χ1v) is 9.03. The number of amides is 1. The fourth-order valence-corrected chi connectivity index (χ4v) is 3.45. The maximum atomic E-state index is 12.5. The molecular weight excluding hydrogens is 304 g/mol. The van der Waals surface area contributed by atoms with Gasteiger partial charge >= 0.3 is 0 Å². The van der Waals surface area contributed by atoms with Gasteiger partial charge in [0.2, 0.25) is 12.7 Å². The molecule has 5 heteroatoms. The Kier molecular flexibility index (Phi) is 5.61. The molecule has 0 unspecified atom stereocenters. The zero-order chi connectivity index (χ0) is 16.9. The molecule has 5 nitrogen and oxygen atoms in total. The van der Waals surface area contributed by atoms with Gasteiger partial charge < -0.3 is 14.4 Å². The van der Waals surface area contributed by atoms with Crippen LogP contribution in [-0.2, 0) is 11.3 Å². The van der Waals surface area contributed by atoms with Crippen molar-refractivity contribution < 1.29 is 14.3 Å².